The van der Waals surface area contributed by atoms with Gasteiger partial charge in [-0.1, -0.05) is 27.7 Å². The molecule has 0 aromatic rings. The van der Waals surface area contributed by atoms with Crippen LogP contribution in [0.5, 0.6) is 0 Å². The summed E-state index contributed by atoms with van der Waals surface area (Å²) in [6.07, 6.45) is 1.79. The lowest BCUT2D eigenvalue weighted by atomic mass is 10.3. The van der Waals surface area contributed by atoms with Gasteiger partial charge in [0.2, 0.25) is 0 Å². The van der Waals surface area contributed by atoms with E-state index in [1.165, 1.54) is 0 Å². The Labute approximate surface area is 65.0 Å². The lowest BCUT2D eigenvalue weighted by molar-refractivity contribution is 0.571. The molecule has 0 saturated heterocycles. The molecule has 0 aliphatic carbocycles. The minimum Gasteiger partial charge on any atom is -0.287 e. The molecule has 0 heterocycles. The highest BCUT2D eigenvalue weighted by Crippen LogP contribution is 2.26. The van der Waals surface area contributed by atoms with E-state index in [9.17, 15) is 4.57 Å². The molecule has 0 spiro atoms. The zero-order chi connectivity index (χ0) is 8.15. The molecule has 0 bridgehead atoms. The van der Waals surface area contributed by atoms with Crippen LogP contribution in [0.2, 0.25) is 0 Å². The zero-order valence-electron chi connectivity index (χ0n) is 7.42. The highest BCUT2D eigenvalue weighted by molar-refractivity contribution is 7.44. The fraction of sp³-hybridized carbons (Fsp3) is 1.00. The highest BCUT2D eigenvalue weighted by Gasteiger charge is 2.05. The second kappa shape index (κ2) is 4.85. The van der Waals surface area contributed by atoms with Gasteiger partial charge in [0, 0.05) is 12.3 Å². The molecule has 0 aromatic heterocycles. The van der Waals surface area contributed by atoms with Gasteiger partial charge in [-0.2, -0.15) is 0 Å². The van der Waals surface area contributed by atoms with E-state index in [1.807, 2.05) is 0 Å². The Morgan fingerprint density at radius 1 is 1.00 bits per heavy atom. The summed E-state index contributed by atoms with van der Waals surface area (Å²) in [5.41, 5.74) is 0. The van der Waals surface area contributed by atoms with E-state index in [0.29, 0.717) is 11.8 Å². The van der Waals surface area contributed by atoms with Gasteiger partial charge in [-0.25, -0.2) is 0 Å². The van der Waals surface area contributed by atoms with Crippen LogP contribution >= 0.6 is 7.80 Å². The summed E-state index contributed by atoms with van der Waals surface area (Å²) in [7, 11) is -0.909. The van der Waals surface area contributed by atoms with E-state index in [-0.39, 0.29) is 0 Å². The summed E-state index contributed by atoms with van der Waals surface area (Å²) in [5, 5.41) is 0. The van der Waals surface area contributed by atoms with Crippen LogP contribution in [0.3, 0.4) is 0 Å². The summed E-state index contributed by atoms with van der Waals surface area (Å²) in [6.45, 7) is 8.47. The first kappa shape index (κ1) is 10.1. The van der Waals surface area contributed by atoms with Gasteiger partial charge in [-0.3, -0.25) is 4.57 Å². The van der Waals surface area contributed by atoms with E-state index in [2.05, 4.69) is 27.7 Å². The van der Waals surface area contributed by atoms with Gasteiger partial charge in [0.15, 0.2) is 0 Å². The van der Waals surface area contributed by atoms with Crippen molar-refractivity contribution in [2.75, 3.05) is 12.3 Å². The first-order valence-electron chi connectivity index (χ1n) is 3.94. The van der Waals surface area contributed by atoms with Gasteiger partial charge in [-0.15, -0.1) is 0 Å². The highest BCUT2D eigenvalue weighted by atomic mass is 31.1. The summed E-state index contributed by atoms with van der Waals surface area (Å²) < 4.78 is 11.2. The number of hydrogen-bond acceptors (Lipinski definition) is 1. The van der Waals surface area contributed by atoms with Crippen molar-refractivity contribution in [2.45, 2.75) is 27.7 Å². The molecule has 0 aliphatic rings. The molecule has 0 fully saturated rings. The normalized spacial score (nSPS) is 11.0. The predicted octanol–water partition coefficient (Wildman–Crippen LogP) is 3.13. The van der Waals surface area contributed by atoms with Gasteiger partial charge < -0.3 is 0 Å². The van der Waals surface area contributed by atoms with Crippen LogP contribution < -0.4 is 0 Å². The molecule has 10 heavy (non-hydrogen) atoms. The molecule has 0 N–H and O–H groups in total. The Morgan fingerprint density at radius 3 is 1.50 bits per heavy atom. The Kier molecular flexibility index (Phi) is 4.89. The maximum absolute atomic E-state index is 11.2. The van der Waals surface area contributed by atoms with Crippen LogP contribution in [0.1, 0.15) is 27.7 Å². The molecule has 0 aromatic carbocycles. The number of rotatable bonds is 4. The monoisotopic (exact) mass is 161 g/mol. The molecule has 2 heteroatoms. The SMILES string of the molecule is CC(C)C[P](=O)CC(C)C. The van der Waals surface area contributed by atoms with Crippen LogP contribution in [-0.2, 0) is 4.57 Å². The van der Waals surface area contributed by atoms with Gasteiger partial charge >= 0.3 is 0 Å². The molecule has 1 nitrogen and oxygen atoms in total. The smallest absolute Gasteiger partial charge is 0.0723 e. The summed E-state index contributed by atoms with van der Waals surface area (Å²) in [5.74, 6) is 1.17. The summed E-state index contributed by atoms with van der Waals surface area (Å²) in [4.78, 5) is 0. The van der Waals surface area contributed by atoms with Crippen LogP contribution in [-0.4, -0.2) is 12.3 Å². The van der Waals surface area contributed by atoms with Crippen LogP contribution in [0.25, 0.3) is 0 Å². The lowest BCUT2D eigenvalue weighted by Crippen LogP contribution is -1.97. The molecular weight excluding hydrogens is 143 g/mol. The van der Waals surface area contributed by atoms with E-state index in [4.69, 9.17) is 0 Å². The molecule has 0 aliphatic heterocycles. The van der Waals surface area contributed by atoms with Crippen LogP contribution in [0, 0.1) is 11.8 Å². The Morgan fingerprint density at radius 2 is 1.30 bits per heavy atom. The third-order valence-corrected chi connectivity index (χ3v) is 3.41. The van der Waals surface area contributed by atoms with Crippen molar-refractivity contribution < 1.29 is 4.57 Å². The number of hydrogen-bond donors (Lipinski definition) is 0. The van der Waals surface area contributed by atoms with Crippen LogP contribution in [0.4, 0.5) is 0 Å². The van der Waals surface area contributed by atoms with Crippen molar-refractivity contribution in [2.24, 2.45) is 11.8 Å². The summed E-state index contributed by atoms with van der Waals surface area (Å²) in [6, 6.07) is 0. The van der Waals surface area contributed by atoms with Crippen molar-refractivity contribution in [1.82, 2.24) is 0 Å². The molecule has 0 rings (SSSR count). The van der Waals surface area contributed by atoms with E-state index in [1.54, 1.807) is 0 Å². The topological polar surface area (TPSA) is 17.1 Å². The Hall–Kier alpha value is 0.100. The van der Waals surface area contributed by atoms with E-state index in [0.717, 1.165) is 12.3 Å². The third-order valence-electron chi connectivity index (χ3n) is 1.14. The van der Waals surface area contributed by atoms with Gasteiger partial charge in [0.25, 0.3) is 0 Å². The fourth-order valence-corrected chi connectivity index (χ4v) is 2.67. The van der Waals surface area contributed by atoms with Crippen molar-refractivity contribution in [3.63, 3.8) is 0 Å². The first-order chi connectivity index (χ1) is 4.52. The zero-order valence-corrected chi connectivity index (χ0v) is 8.32. The standard InChI is InChI=1S/C8H18OP/c1-7(2)5-10(9)6-8(3)4/h7-8H,5-6H2,1-4H3. The molecule has 0 amide bonds. The second-order valence-corrected chi connectivity index (χ2v) is 5.33. The third kappa shape index (κ3) is 6.22. The van der Waals surface area contributed by atoms with E-state index >= 15 is 0 Å². The van der Waals surface area contributed by atoms with Crippen molar-refractivity contribution >= 4 is 7.80 Å². The largest absolute Gasteiger partial charge is 0.287 e. The van der Waals surface area contributed by atoms with Crippen molar-refractivity contribution in [3.8, 4) is 0 Å². The lowest BCUT2D eigenvalue weighted by Gasteiger charge is -2.05. The average molecular weight is 161 g/mol. The second-order valence-electron chi connectivity index (χ2n) is 3.63. The molecular formula is C8H18OP. The summed E-state index contributed by atoms with van der Waals surface area (Å²) >= 11 is 0. The maximum atomic E-state index is 11.2. The molecule has 0 atom stereocenters. The van der Waals surface area contributed by atoms with Crippen LogP contribution in [0.15, 0.2) is 0 Å². The molecule has 0 unspecified atom stereocenters. The van der Waals surface area contributed by atoms with Gasteiger partial charge in [0.1, 0.15) is 0 Å². The van der Waals surface area contributed by atoms with Crippen molar-refractivity contribution in [3.05, 3.63) is 0 Å². The average Bonchev–Trinajstić information content (AvgIpc) is 1.58. The van der Waals surface area contributed by atoms with Crippen molar-refractivity contribution in [1.29, 1.82) is 0 Å². The van der Waals surface area contributed by atoms with E-state index < -0.39 is 7.80 Å². The quantitative estimate of drug-likeness (QED) is 0.579. The fourth-order valence-electron chi connectivity index (χ4n) is 0.889. The minimum atomic E-state index is -0.909. The molecule has 1 radical (unpaired) electrons. The maximum Gasteiger partial charge on any atom is 0.0723 e. The predicted molar refractivity (Wildman–Crippen MR) is 47.0 cm³/mol. The minimum absolute atomic E-state index is 0.586. The van der Waals surface area contributed by atoms with Gasteiger partial charge in [0.05, 0.1) is 7.80 Å². The first-order valence-corrected chi connectivity index (χ1v) is 5.57. The molecule has 0 saturated carbocycles. The Balaban J connectivity index is 3.44. The molecule has 61 valence electrons. The van der Waals surface area contributed by atoms with Gasteiger partial charge in [-0.05, 0) is 11.8 Å². The Bertz CT molecular complexity index is 95.8.